The van der Waals surface area contributed by atoms with Crippen molar-refractivity contribution in [2.75, 3.05) is 6.54 Å². The normalized spacial score (nSPS) is 13.1. The zero-order valence-corrected chi connectivity index (χ0v) is 12.0. The van der Waals surface area contributed by atoms with Crippen molar-refractivity contribution in [1.82, 2.24) is 4.72 Å². The second-order valence-corrected chi connectivity index (χ2v) is 6.36. The molecule has 2 N–H and O–H groups in total. The maximum absolute atomic E-state index is 12.1. The summed E-state index contributed by atoms with van der Waals surface area (Å²) < 4.78 is 26.5. The monoisotopic (exact) mass is 291 g/mol. The van der Waals surface area contributed by atoms with Crippen molar-refractivity contribution in [2.45, 2.75) is 17.9 Å². The lowest BCUT2D eigenvalue weighted by atomic mass is 10.1. The van der Waals surface area contributed by atoms with Gasteiger partial charge in [-0.05, 0) is 24.6 Å². The molecule has 20 heavy (non-hydrogen) atoms. The zero-order valence-electron chi connectivity index (χ0n) is 11.2. The largest absolute Gasteiger partial charge is 0.387 e. The summed E-state index contributed by atoms with van der Waals surface area (Å²) in [5.74, 6) is 0. The fourth-order valence-electron chi connectivity index (χ4n) is 1.78. The highest BCUT2D eigenvalue weighted by Gasteiger charge is 2.16. The quantitative estimate of drug-likeness (QED) is 0.885. The summed E-state index contributed by atoms with van der Waals surface area (Å²) in [5.41, 5.74) is 1.67. The summed E-state index contributed by atoms with van der Waals surface area (Å²) in [6.45, 7) is 1.84. The van der Waals surface area contributed by atoms with E-state index in [-0.39, 0.29) is 11.4 Å². The average Bonchev–Trinajstić information content (AvgIpc) is 2.46. The van der Waals surface area contributed by atoms with E-state index in [0.29, 0.717) is 5.56 Å². The fourth-order valence-corrected chi connectivity index (χ4v) is 2.82. The van der Waals surface area contributed by atoms with Gasteiger partial charge in [-0.2, -0.15) is 0 Å². The number of rotatable bonds is 5. The number of aryl methyl sites for hydroxylation is 1. The van der Waals surface area contributed by atoms with Crippen LogP contribution in [-0.4, -0.2) is 20.1 Å². The Morgan fingerprint density at radius 3 is 2.25 bits per heavy atom. The second-order valence-electron chi connectivity index (χ2n) is 4.59. The maximum atomic E-state index is 12.1. The van der Waals surface area contributed by atoms with E-state index in [0.717, 1.165) is 5.56 Å². The van der Waals surface area contributed by atoms with E-state index in [1.807, 2.05) is 13.0 Å². The molecule has 0 saturated heterocycles. The number of hydrogen-bond donors (Lipinski definition) is 2. The van der Waals surface area contributed by atoms with Crippen LogP contribution in [0.2, 0.25) is 0 Å². The highest BCUT2D eigenvalue weighted by Crippen LogP contribution is 2.13. The first-order valence-electron chi connectivity index (χ1n) is 6.28. The second kappa shape index (κ2) is 6.17. The molecule has 2 rings (SSSR count). The number of nitrogens with one attached hydrogen (secondary N) is 1. The summed E-state index contributed by atoms with van der Waals surface area (Å²) in [6, 6.07) is 15.5. The van der Waals surface area contributed by atoms with Crippen molar-refractivity contribution in [3.05, 3.63) is 65.7 Å². The molecule has 2 aromatic carbocycles. The van der Waals surface area contributed by atoms with E-state index in [4.69, 9.17) is 0 Å². The van der Waals surface area contributed by atoms with Crippen LogP contribution in [0.1, 0.15) is 17.2 Å². The lowest BCUT2D eigenvalue weighted by molar-refractivity contribution is 0.182. The van der Waals surface area contributed by atoms with Gasteiger partial charge >= 0.3 is 0 Å². The molecule has 0 fully saturated rings. The van der Waals surface area contributed by atoms with Crippen LogP contribution in [0.5, 0.6) is 0 Å². The Balaban J connectivity index is 2.04. The van der Waals surface area contributed by atoms with E-state index in [1.54, 1.807) is 48.5 Å². The molecule has 0 radical (unpaired) electrons. The Kier molecular flexibility index (Phi) is 4.54. The highest BCUT2D eigenvalue weighted by atomic mass is 32.2. The summed E-state index contributed by atoms with van der Waals surface area (Å²) >= 11 is 0. The minimum Gasteiger partial charge on any atom is -0.387 e. The van der Waals surface area contributed by atoms with Crippen LogP contribution in [0.4, 0.5) is 0 Å². The van der Waals surface area contributed by atoms with Gasteiger partial charge in [-0.15, -0.1) is 0 Å². The Morgan fingerprint density at radius 2 is 1.65 bits per heavy atom. The first-order valence-corrected chi connectivity index (χ1v) is 7.77. The Labute approximate surface area is 119 Å². The minimum atomic E-state index is -3.59. The molecule has 0 aromatic heterocycles. The summed E-state index contributed by atoms with van der Waals surface area (Å²) in [5, 5.41) is 9.95. The molecule has 106 valence electrons. The van der Waals surface area contributed by atoms with Crippen LogP contribution in [0.15, 0.2) is 59.5 Å². The lowest BCUT2D eigenvalue weighted by Gasteiger charge is -2.12. The number of hydrogen-bond acceptors (Lipinski definition) is 3. The molecule has 2 aromatic rings. The van der Waals surface area contributed by atoms with Crippen LogP contribution in [0.3, 0.4) is 0 Å². The van der Waals surface area contributed by atoms with E-state index in [9.17, 15) is 13.5 Å². The zero-order chi connectivity index (χ0) is 14.6. The first kappa shape index (κ1) is 14.7. The van der Waals surface area contributed by atoms with Gasteiger partial charge < -0.3 is 5.11 Å². The molecule has 0 heterocycles. The van der Waals surface area contributed by atoms with Crippen LogP contribution in [0, 0.1) is 6.92 Å². The van der Waals surface area contributed by atoms with Gasteiger partial charge in [-0.25, -0.2) is 13.1 Å². The third kappa shape index (κ3) is 3.66. The van der Waals surface area contributed by atoms with Gasteiger partial charge in [0.15, 0.2) is 0 Å². The van der Waals surface area contributed by atoms with Crippen molar-refractivity contribution >= 4 is 10.0 Å². The van der Waals surface area contributed by atoms with Crippen molar-refractivity contribution in [2.24, 2.45) is 0 Å². The fraction of sp³-hybridized carbons (Fsp3) is 0.200. The Morgan fingerprint density at radius 1 is 1.05 bits per heavy atom. The van der Waals surface area contributed by atoms with Crippen molar-refractivity contribution in [1.29, 1.82) is 0 Å². The van der Waals surface area contributed by atoms with Gasteiger partial charge in [-0.1, -0.05) is 48.0 Å². The predicted octanol–water partition coefficient (Wildman–Crippen LogP) is 2.01. The number of aliphatic hydroxyl groups excluding tert-OH is 1. The molecule has 0 aliphatic rings. The van der Waals surface area contributed by atoms with Crippen LogP contribution >= 0.6 is 0 Å². The molecule has 0 aliphatic carbocycles. The standard InChI is InChI=1S/C15H17NO3S/c1-12-7-9-14(10-8-12)20(18,19)16-11-15(17)13-5-3-2-4-6-13/h2-10,15-17H,11H2,1H3/t15-/m0/s1. The lowest BCUT2D eigenvalue weighted by Crippen LogP contribution is -2.28. The molecule has 5 heteroatoms. The van der Waals surface area contributed by atoms with E-state index in [2.05, 4.69) is 4.72 Å². The Bertz CT molecular complexity index is 651. The van der Waals surface area contributed by atoms with Gasteiger partial charge in [0.2, 0.25) is 10.0 Å². The molecule has 0 spiro atoms. The minimum absolute atomic E-state index is 0.0553. The molecule has 1 atom stereocenters. The summed E-state index contributed by atoms with van der Waals surface area (Å²) in [4.78, 5) is 0.198. The molecule has 0 bridgehead atoms. The number of sulfonamides is 1. The molecule has 0 saturated carbocycles. The van der Waals surface area contributed by atoms with Crippen molar-refractivity contribution in [3.63, 3.8) is 0 Å². The number of benzene rings is 2. The van der Waals surface area contributed by atoms with E-state index >= 15 is 0 Å². The third-order valence-corrected chi connectivity index (χ3v) is 4.42. The summed E-state index contributed by atoms with van der Waals surface area (Å²) in [6.07, 6.45) is -0.864. The topological polar surface area (TPSA) is 66.4 Å². The van der Waals surface area contributed by atoms with Crippen LogP contribution in [-0.2, 0) is 10.0 Å². The van der Waals surface area contributed by atoms with E-state index in [1.165, 1.54) is 0 Å². The SMILES string of the molecule is Cc1ccc(S(=O)(=O)NC[C@H](O)c2ccccc2)cc1. The molecular weight excluding hydrogens is 274 g/mol. The van der Waals surface area contributed by atoms with Crippen molar-refractivity contribution < 1.29 is 13.5 Å². The molecule has 0 unspecified atom stereocenters. The average molecular weight is 291 g/mol. The molecule has 4 nitrogen and oxygen atoms in total. The summed E-state index contributed by atoms with van der Waals surface area (Å²) in [7, 11) is -3.59. The Hall–Kier alpha value is -1.69. The smallest absolute Gasteiger partial charge is 0.240 e. The van der Waals surface area contributed by atoms with Gasteiger partial charge in [0.1, 0.15) is 0 Å². The van der Waals surface area contributed by atoms with Gasteiger partial charge in [0.25, 0.3) is 0 Å². The molecular formula is C15H17NO3S. The van der Waals surface area contributed by atoms with Crippen LogP contribution in [0.25, 0.3) is 0 Å². The van der Waals surface area contributed by atoms with Crippen LogP contribution < -0.4 is 4.72 Å². The van der Waals surface area contributed by atoms with Gasteiger partial charge in [-0.3, -0.25) is 0 Å². The van der Waals surface area contributed by atoms with Gasteiger partial charge in [0.05, 0.1) is 11.0 Å². The van der Waals surface area contributed by atoms with E-state index < -0.39 is 16.1 Å². The number of aliphatic hydroxyl groups is 1. The highest BCUT2D eigenvalue weighted by molar-refractivity contribution is 7.89. The third-order valence-electron chi connectivity index (χ3n) is 2.98. The first-order chi connectivity index (χ1) is 9.49. The van der Waals surface area contributed by atoms with Gasteiger partial charge in [0, 0.05) is 6.54 Å². The molecule has 0 aliphatic heterocycles. The maximum Gasteiger partial charge on any atom is 0.240 e. The van der Waals surface area contributed by atoms with Crippen molar-refractivity contribution in [3.8, 4) is 0 Å². The predicted molar refractivity (Wildman–Crippen MR) is 77.8 cm³/mol. The molecule has 0 amide bonds.